The van der Waals surface area contributed by atoms with E-state index < -0.39 is 10.0 Å². The van der Waals surface area contributed by atoms with Crippen LogP contribution in [0.2, 0.25) is 0 Å². The lowest BCUT2D eigenvalue weighted by Gasteiger charge is -2.40. The first kappa shape index (κ1) is 17.9. The minimum Gasteiger partial charge on any atom is -0.317 e. The molecule has 0 spiro atoms. The zero-order valence-corrected chi connectivity index (χ0v) is 14.3. The third-order valence-electron chi connectivity index (χ3n) is 4.86. The molecule has 4 nitrogen and oxygen atoms in total. The molecule has 0 saturated carbocycles. The van der Waals surface area contributed by atoms with Crippen molar-refractivity contribution in [2.75, 3.05) is 31.9 Å². The van der Waals surface area contributed by atoms with Gasteiger partial charge in [-0.3, -0.25) is 0 Å². The Hall–Kier alpha value is -0.130. The SMILES string of the molecule is CCCNCCCS(=O)(=O)N1CCC(CC)(CC)CC1. The molecule has 1 heterocycles. The first-order valence-electron chi connectivity index (χ1n) is 8.18. The van der Waals surface area contributed by atoms with E-state index in [9.17, 15) is 8.42 Å². The van der Waals surface area contributed by atoms with E-state index in [-0.39, 0.29) is 5.75 Å². The molecule has 1 N–H and O–H groups in total. The molecule has 0 bridgehead atoms. The summed E-state index contributed by atoms with van der Waals surface area (Å²) < 4.78 is 26.3. The number of hydrogen-bond acceptors (Lipinski definition) is 3. The molecule has 0 aromatic rings. The van der Waals surface area contributed by atoms with Gasteiger partial charge in [-0.05, 0) is 44.2 Å². The van der Waals surface area contributed by atoms with Crippen molar-refractivity contribution in [3.05, 3.63) is 0 Å². The van der Waals surface area contributed by atoms with E-state index >= 15 is 0 Å². The standard InChI is InChI=1S/C15H32N2O2S/c1-4-10-16-11-7-14-20(18,19)17-12-8-15(5-2,6-3)9-13-17/h16H,4-14H2,1-3H3. The highest BCUT2D eigenvalue weighted by Gasteiger charge is 2.35. The van der Waals surface area contributed by atoms with Crippen molar-refractivity contribution in [1.29, 1.82) is 0 Å². The third-order valence-corrected chi connectivity index (χ3v) is 6.82. The topological polar surface area (TPSA) is 49.4 Å². The van der Waals surface area contributed by atoms with E-state index in [1.165, 1.54) is 12.8 Å². The maximum atomic E-state index is 12.3. The molecule has 0 amide bonds. The van der Waals surface area contributed by atoms with E-state index in [2.05, 4.69) is 26.1 Å². The van der Waals surface area contributed by atoms with Gasteiger partial charge in [-0.15, -0.1) is 0 Å². The highest BCUT2D eigenvalue weighted by molar-refractivity contribution is 7.89. The lowest BCUT2D eigenvalue weighted by Crippen LogP contribution is -2.43. The molecule has 1 saturated heterocycles. The summed E-state index contributed by atoms with van der Waals surface area (Å²) in [6, 6.07) is 0. The number of sulfonamides is 1. The van der Waals surface area contributed by atoms with Gasteiger partial charge < -0.3 is 5.32 Å². The average Bonchev–Trinajstić information content (AvgIpc) is 2.47. The molecular weight excluding hydrogens is 272 g/mol. The zero-order chi connectivity index (χ0) is 15.1. The summed E-state index contributed by atoms with van der Waals surface area (Å²) in [5, 5.41) is 3.26. The van der Waals surface area contributed by atoms with Gasteiger partial charge in [0, 0.05) is 13.1 Å². The highest BCUT2D eigenvalue weighted by Crippen LogP contribution is 2.38. The monoisotopic (exact) mass is 304 g/mol. The van der Waals surface area contributed by atoms with Gasteiger partial charge in [0.2, 0.25) is 10.0 Å². The van der Waals surface area contributed by atoms with Gasteiger partial charge in [0.15, 0.2) is 0 Å². The first-order chi connectivity index (χ1) is 9.49. The van der Waals surface area contributed by atoms with Crippen LogP contribution in [0.25, 0.3) is 0 Å². The normalized spacial score (nSPS) is 20.1. The minimum atomic E-state index is -3.04. The van der Waals surface area contributed by atoms with Crippen LogP contribution in [0, 0.1) is 5.41 Å². The maximum absolute atomic E-state index is 12.3. The van der Waals surface area contributed by atoms with Crippen molar-refractivity contribution in [2.45, 2.75) is 59.3 Å². The largest absolute Gasteiger partial charge is 0.317 e. The van der Waals surface area contributed by atoms with Gasteiger partial charge >= 0.3 is 0 Å². The summed E-state index contributed by atoms with van der Waals surface area (Å²) in [6.45, 7) is 9.78. The first-order valence-corrected chi connectivity index (χ1v) is 9.79. The molecule has 0 aliphatic carbocycles. The molecule has 120 valence electrons. The molecule has 1 aliphatic rings. The third kappa shape index (κ3) is 5.01. The molecule has 0 aromatic heterocycles. The predicted octanol–water partition coefficient (Wildman–Crippen LogP) is 2.61. The Labute approximate surface area is 125 Å². The van der Waals surface area contributed by atoms with Crippen LogP contribution in [0.5, 0.6) is 0 Å². The van der Waals surface area contributed by atoms with Crippen LogP contribution < -0.4 is 5.32 Å². The van der Waals surface area contributed by atoms with Crippen LogP contribution in [0.15, 0.2) is 0 Å². The molecule has 0 atom stereocenters. The van der Waals surface area contributed by atoms with Crippen molar-refractivity contribution >= 4 is 10.0 Å². The fraction of sp³-hybridized carbons (Fsp3) is 1.00. The second-order valence-corrected chi connectivity index (χ2v) is 8.11. The molecule has 1 rings (SSSR count). The summed E-state index contributed by atoms with van der Waals surface area (Å²) in [5.41, 5.74) is 0.384. The molecule has 0 aromatic carbocycles. The Morgan fingerprint density at radius 3 is 2.15 bits per heavy atom. The van der Waals surface area contributed by atoms with Gasteiger partial charge in [-0.2, -0.15) is 0 Å². The van der Waals surface area contributed by atoms with Crippen LogP contribution in [-0.2, 0) is 10.0 Å². The minimum absolute atomic E-state index is 0.287. The van der Waals surface area contributed by atoms with E-state index in [0.29, 0.717) is 24.9 Å². The van der Waals surface area contributed by atoms with Crippen molar-refractivity contribution < 1.29 is 8.42 Å². The van der Waals surface area contributed by atoms with Gasteiger partial charge in [-0.25, -0.2) is 12.7 Å². The average molecular weight is 305 g/mol. The van der Waals surface area contributed by atoms with E-state index in [4.69, 9.17) is 0 Å². The summed E-state index contributed by atoms with van der Waals surface area (Å²) in [4.78, 5) is 0. The Morgan fingerprint density at radius 1 is 1.05 bits per heavy atom. The van der Waals surface area contributed by atoms with Gasteiger partial charge in [0.05, 0.1) is 5.75 Å². The molecule has 5 heteroatoms. The van der Waals surface area contributed by atoms with Crippen molar-refractivity contribution in [3.8, 4) is 0 Å². The van der Waals surface area contributed by atoms with Crippen molar-refractivity contribution in [1.82, 2.24) is 9.62 Å². The molecule has 1 fully saturated rings. The molecule has 1 aliphatic heterocycles. The van der Waals surface area contributed by atoms with Gasteiger partial charge in [0.25, 0.3) is 0 Å². The molecule has 0 unspecified atom stereocenters. The van der Waals surface area contributed by atoms with E-state index in [0.717, 1.165) is 32.4 Å². The molecular formula is C15H32N2O2S. The van der Waals surface area contributed by atoms with Gasteiger partial charge in [0.1, 0.15) is 0 Å². The van der Waals surface area contributed by atoms with Crippen LogP contribution in [-0.4, -0.2) is 44.7 Å². The Bertz CT molecular complexity index is 354. The summed E-state index contributed by atoms with van der Waals surface area (Å²) in [7, 11) is -3.04. The summed E-state index contributed by atoms with van der Waals surface area (Å²) in [5.74, 6) is 0.287. The fourth-order valence-corrected chi connectivity index (χ4v) is 4.51. The number of rotatable bonds is 9. The van der Waals surface area contributed by atoms with Crippen LogP contribution in [0.3, 0.4) is 0 Å². The molecule has 0 radical (unpaired) electrons. The number of hydrogen-bond donors (Lipinski definition) is 1. The second kappa shape index (κ2) is 8.35. The maximum Gasteiger partial charge on any atom is 0.214 e. The number of nitrogens with zero attached hydrogens (tertiary/aromatic N) is 1. The van der Waals surface area contributed by atoms with E-state index in [1.54, 1.807) is 4.31 Å². The van der Waals surface area contributed by atoms with Gasteiger partial charge in [-0.1, -0.05) is 33.6 Å². The number of piperidine rings is 1. The van der Waals surface area contributed by atoms with Crippen LogP contribution in [0.4, 0.5) is 0 Å². The second-order valence-electron chi connectivity index (χ2n) is 6.03. The fourth-order valence-electron chi connectivity index (χ4n) is 3.01. The molecule has 20 heavy (non-hydrogen) atoms. The van der Waals surface area contributed by atoms with Crippen LogP contribution in [0.1, 0.15) is 59.3 Å². The quantitative estimate of drug-likeness (QED) is 0.666. The lowest BCUT2D eigenvalue weighted by atomic mass is 9.75. The Morgan fingerprint density at radius 2 is 1.65 bits per heavy atom. The van der Waals surface area contributed by atoms with Crippen molar-refractivity contribution in [3.63, 3.8) is 0 Å². The zero-order valence-electron chi connectivity index (χ0n) is 13.5. The summed E-state index contributed by atoms with van der Waals surface area (Å²) in [6.07, 6.45) is 6.18. The van der Waals surface area contributed by atoms with Crippen LogP contribution >= 0.6 is 0 Å². The lowest BCUT2D eigenvalue weighted by molar-refractivity contribution is 0.141. The van der Waals surface area contributed by atoms with Crippen molar-refractivity contribution in [2.24, 2.45) is 5.41 Å². The van der Waals surface area contributed by atoms with E-state index in [1.807, 2.05) is 0 Å². The Balaban J connectivity index is 2.39. The highest BCUT2D eigenvalue weighted by atomic mass is 32.2. The number of nitrogens with one attached hydrogen (secondary N) is 1. The predicted molar refractivity (Wildman–Crippen MR) is 85.4 cm³/mol. The Kier molecular flexibility index (Phi) is 7.48. The smallest absolute Gasteiger partial charge is 0.214 e. The summed E-state index contributed by atoms with van der Waals surface area (Å²) >= 11 is 0.